The van der Waals surface area contributed by atoms with Gasteiger partial charge < -0.3 is 19.4 Å². The van der Waals surface area contributed by atoms with Gasteiger partial charge in [-0.15, -0.1) is 0 Å². The van der Waals surface area contributed by atoms with E-state index in [0.717, 1.165) is 23.2 Å². The summed E-state index contributed by atoms with van der Waals surface area (Å²) in [5, 5.41) is 3.93. The van der Waals surface area contributed by atoms with E-state index >= 15 is 0 Å². The van der Waals surface area contributed by atoms with Crippen LogP contribution in [0.25, 0.3) is 11.0 Å². The van der Waals surface area contributed by atoms with E-state index in [2.05, 4.69) is 33.3 Å². The van der Waals surface area contributed by atoms with E-state index in [4.69, 9.17) is 9.15 Å². The van der Waals surface area contributed by atoms with E-state index in [1.165, 1.54) is 4.90 Å². The van der Waals surface area contributed by atoms with Crippen molar-refractivity contribution in [1.29, 1.82) is 0 Å². The van der Waals surface area contributed by atoms with Gasteiger partial charge in [0, 0.05) is 22.9 Å². The predicted octanol–water partition coefficient (Wildman–Crippen LogP) is 2.04. The van der Waals surface area contributed by atoms with Gasteiger partial charge >= 0.3 is 0 Å². The van der Waals surface area contributed by atoms with E-state index in [9.17, 15) is 4.79 Å². The number of hydrogen-bond donors (Lipinski definition) is 2. The Bertz CT molecular complexity index is 717. The molecule has 0 bridgehead atoms. The molecule has 24 heavy (non-hydrogen) atoms. The van der Waals surface area contributed by atoms with Crippen LogP contribution in [0.2, 0.25) is 0 Å². The highest BCUT2D eigenvalue weighted by atomic mass is 16.5. The van der Waals surface area contributed by atoms with Crippen LogP contribution in [-0.4, -0.2) is 39.7 Å². The van der Waals surface area contributed by atoms with Crippen molar-refractivity contribution in [3.05, 3.63) is 29.5 Å². The van der Waals surface area contributed by atoms with Crippen molar-refractivity contribution in [2.75, 3.05) is 33.8 Å². The number of benzene rings is 1. The Balaban J connectivity index is 2.16. The highest BCUT2D eigenvalue weighted by Crippen LogP contribution is 2.29. The van der Waals surface area contributed by atoms with Gasteiger partial charge in [-0.05, 0) is 32.0 Å². The highest BCUT2D eigenvalue weighted by molar-refractivity contribution is 5.99. The Kier molecular flexibility index (Phi) is 5.54. The smallest absolute Gasteiger partial charge is 0.287 e. The molecule has 0 unspecified atom stereocenters. The normalized spacial score (nSPS) is 12.0. The van der Waals surface area contributed by atoms with Gasteiger partial charge in [-0.25, -0.2) is 0 Å². The summed E-state index contributed by atoms with van der Waals surface area (Å²) >= 11 is 0. The van der Waals surface area contributed by atoms with Crippen LogP contribution < -0.4 is 15.0 Å². The molecule has 1 aromatic carbocycles. The average Bonchev–Trinajstić information content (AvgIpc) is 2.81. The predicted molar refractivity (Wildman–Crippen MR) is 95.9 cm³/mol. The van der Waals surface area contributed by atoms with Crippen LogP contribution in [0, 0.1) is 12.3 Å². The van der Waals surface area contributed by atoms with Crippen molar-refractivity contribution in [2.45, 2.75) is 27.7 Å². The molecule has 5 heteroatoms. The zero-order chi connectivity index (χ0) is 17.9. The number of carbonyl (C=O) groups excluding carboxylic acids is 1. The summed E-state index contributed by atoms with van der Waals surface area (Å²) in [5.41, 5.74) is 1.58. The molecule has 0 aliphatic heterocycles. The lowest BCUT2D eigenvalue weighted by atomic mass is 9.93. The Labute approximate surface area is 144 Å². The number of carbonyl (C=O) groups is 1. The molecule has 5 nitrogen and oxygen atoms in total. The lowest BCUT2D eigenvalue weighted by molar-refractivity contribution is -0.865. The molecule has 0 aliphatic carbocycles. The van der Waals surface area contributed by atoms with E-state index in [-0.39, 0.29) is 11.3 Å². The number of rotatable bonds is 7. The summed E-state index contributed by atoms with van der Waals surface area (Å²) in [5.74, 6) is 1.01. The number of quaternary nitrogens is 1. The Morgan fingerprint density at radius 3 is 2.67 bits per heavy atom. The maximum absolute atomic E-state index is 12.5. The fraction of sp³-hybridized carbons (Fsp3) is 0.526. The summed E-state index contributed by atoms with van der Waals surface area (Å²) in [6.07, 6.45) is 0. The van der Waals surface area contributed by atoms with Gasteiger partial charge in [0.1, 0.15) is 11.3 Å². The van der Waals surface area contributed by atoms with Crippen molar-refractivity contribution in [2.24, 2.45) is 5.41 Å². The Hall–Kier alpha value is -2.01. The van der Waals surface area contributed by atoms with Gasteiger partial charge in [-0.3, -0.25) is 4.79 Å². The number of ether oxygens (including phenoxy) is 1. The number of hydrogen-bond acceptors (Lipinski definition) is 3. The van der Waals surface area contributed by atoms with Gasteiger partial charge in [-0.2, -0.15) is 0 Å². The molecule has 1 heterocycles. The van der Waals surface area contributed by atoms with Crippen LogP contribution in [0.15, 0.2) is 22.6 Å². The molecule has 2 N–H and O–H groups in total. The quantitative estimate of drug-likeness (QED) is 0.815. The molecule has 1 amide bonds. The Morgan fingerprint density at radius 2 is 2.04 bits per heavy atom. The second-order valence-electron chi connectivity index (χ2n) is 7.38. The summed E-state index contributed by atoms with van der Waals surface area (Å²) < 4.78 is 11.3. The molecule has 0 saturated carbocycles. The summed E-state index contributed by atoms with van der Waals surface area (Å²) in [7, 11) is 4.23. The molecule has 2 rings (SSSR count). The van der Waals surface area contributed by atoms with Gasteiger partial charge in [0.15, 0.2) is 5.76 Å². The van der Waals surface area contributed by atoms with E-state index in [1.54, 1.807) is 0 Å². The average molecular weight is 333 g/mol. The molecule has 0 aliphatic rings. The summed E-state index contributed by atoms with van der Waals surface area (Å²) in [4.78, 5) is 13.9. The molecule has 0 atom stereocenters. The zero-order valence-corrected chi connectivity index (χ0v) is 15.6. The molecule has 2 aromatic rings. The SMILES string of the molecule is CCOc1ccc2oc(C(=O)NCC(C)(C)C[NH+](C)C)c(C)c2c1. The molecule has 0 saturated heterocycles. The van der Waals surface area contributed by atoms with Gasteiger partial charge in [0.25, 0.3) is 5.91 Å². The first kappa shape index (κ1) is 18.3. The first-order valence-electron chi connectivity index (χ1n) is 8.46. The van der Waals surface area contributed by atoms with Gasteiger partial charge in [-0.1, -0.05) is 13.8 Å². The van der Waals surface area contributed by atoms with Crippen LogP contribution in [0.1, 0.15) is 36.9 Å². The molecule has 0 radical (unpaired) electrons. The maximum Gasteiger partial charge on any atom is 0.287 e. The minimum absolute atomic E-state index is 0.0244. The fourth-order valence-corrected chi connectivity index (χ4v) is 3.09. The molecule has 0 spiro atoms. The number of amides is 1. The summed E-state index contributed by atoms with van der Waals surface area (Å²) in [6.45, 7) is 10.4. The van der Waals surface area contributed by atoms with Crippen molar-refractivity contribution in [3.8, 4) is 5.75 Å². The first-order valence-corrected chi connectivity index (χ1v) is 8.46. The van der Waals surface area contributed by atoms with Crippen molar-refractivity contribution in [1.82, 2.24) is 5.32 Å². The standard InChI is InChI=1S/C19H28N2O3/c1-7-23-14-8-9-16-15(10-14)13(2)17(24-16)18(22)20-11-19(3,4)12-21(5)6/h8-10H,7,11-12H2,1-6H3,(H,20,22)/p+1. The van der Waals surface area contributed by atoms with Gasteiger partial charge in [0.05, 0.1) is 27.2 Å². The first-order chi connectivity index (χ1) is 11.2. The van der Waals surface area contributed by atoms with Crippen LogP contribution in [-0.2, 0) is 0 Å². The van der Waals surface area contributed by atoms with E-state index in [0.29, 0.717) is 24.5 Å². The minimum Gasteiger partial charge on any atom is -0.494 e. The second-order valence-corrected chi connectivity index (χ2v) is 7.38. The topological polar surface area (TPSA) is 55.9 Å². The molecule has 132 valence electrons. The lowest BCUT2D eigenvalue weighted by Crippen LogP contribution is -3.07. The molecular weight excluding hydrogens is 304 g/mol. The van der Waals surface area contributed by atoms with Crippen LogP contribution in [0.5, 0.6) is 5.75 Å². The number of furan rings is 1. The third kappa shape index (κ3) is 4.29. The third-order valence-electron chi connectivity index (χ3n) is 3.98. The lowest BCUT2D eigenvalue weighted by Gasteiger charge is -2.25. The fourth-order valence-electron chi connectivity index (χ4n) is 3.09. The Morgan fingerprint density at radius 1 is 1.33 bits per heavy atom. The molecular formula is C19H29N2O3+. The minimum atomic E-state index is -0.163. The second kappa shape index (κ2) is 7.26. The highest BCUT2D eigenvalue weighted by Gasteiger charge is 2.24. The van der Waals surface area contributed by atoms with Crippen molar-refractivity contribution < 1.29 is 18.8 Å². The molecule has 0 fully saturated rings. The van der Waals surface area contributed by atoms with Crippen LogP contribution >= 0.6 is 0 Å². The number of fused-ring (bicyclic) bond motifs is 1. The van der Waals surface area contributed by atoms with E-state index < -0.39 is 0 Å². The van der Waals surface area contributed by atoms with Crippen LogP contribution in [0.4, 0.5) is 0 Å². The van der Waals surface area contributed by atoms with Crippen molar-refractivity contribution >= 4 is 16.9 Å². The number of aryl methyl sites for hydroxylation is 1. The maximum atomic E-state index is 12.5. The number of nitrogens with one attached hydrogen (secondary N) is 2. The largest absolute Gasteiger partial charge is 0.494 e. The van der Waals surface area contributed by atoms with Crippen LogP contribution in [0.3, 0.4) is 0 Å². The summed E-state index contributed by atoms with van der Waals surface area (Å²) in [6, 6.07) is 5.64. The monoisotopic (exact) mass is 333 g/mol. The third-order valence-corrected chi connectivity index (χ3v) is 3.98. The van der Waals surface area contributed by atoms with E-state index in [1.807, 2.05) is 32.0 Å². The van der Waals surface area contributed by atoms with Crippen molar-refractivity contribution in [3.63, 3.8) is 0 Å². The molecule has 1 aromatic heterocycles. The zero-order valence-electron chi connectivity index (χ0n) is 15.6. The van der Waals surface area contributed by atoms with Gasteiger partial charge in [0.2, 0.25) is 0 Å².